The van der Waals surface area contributed by atoms with Gasteiger partial charge in [-0.25, -0.2) is 9.59 Å². The molecule has 0 radical (unpaired) electrons. The molecule has 3 N–H and O–H groups in total. The van der Waals surface area contributed by atoms with Gasteiger partial charge in [-0.2, -0.15) is 0 Å². The lowest BCUT2D eigenvalue weighted by molar-refractivity contribution is -0.137. The number of aliphatic hydroxyl groups is 2. The Kier molecular flexibility index (Phi) is 8.71. The van der Waals surface area contributed by atoms with Gasteiger partial charge in [0.25, 0.3) is 0 Å². The van der Waals surface area contributed by atoms with Gasteiger partial charge in [0.05, 0.1) is 19.8 Å². The number of hydrogen-bond acceptors (Lipinski definition) is 5. The van der Waals surface area contributed by atoms with Gasteiger partial charge in [0.1, 0.15) is 6.61 Å². The van der Waals surface area contributed by atoms with Gasteiger partial charge in [-0.05, 0) is 0 Å². The summed E-state index contributed by atoms with van der Waals surface area (Å²) in [4.78, 5) is 23.4. The third-order valence-corrected chi connectivity index (χ3v) is 1.82. The molecular formula is C10H18N2O5. The fourth-order valence-corrected chi connectivity index (χ4v) is 1.04. The zero-order valence-electron chi connectivity index (χ0n) is 9.59. The van der Waals surface area contributed by atoms with Crippen molar-refractivity contribution < 1.29 is 24.5 Å². The van der Waals surface area contributed by atoms with Crippen molar-refractivity contribution in [3.05, 3.63) is 12.7 Å². The predicted molar refractivity (Wildman–Crippen MR) is 60.3 cm³/mol. The molecule has 0 aromatic rings. The Morgan fingerprint density at radius 3 is 2.35 bits per heavy atom. The smallest absolute Gasteiger partial charge is 0.330 e. The van der Waals surface area contributed by atoms with Crippen LogP contribution in [0.4, 0.5) is 4.79 Å². The Balaban J connectivity index is 3.81. The number of esters is 1. The zero-order chi connectivity index (χ0) is 13.1. The third-order valence-electron chi connectivity index (χ3n) is 1.82. The van der Waals surface area contributed by atoms with Gasteiger partial charge in [0.2, 0.25) is 0 Å². The maximum atomic E-state index is 11.5. The molecule has 0 bridgehead atoms. The predicted octanol–water partition coefficient (Wildman–Crippen LogP) is -1.29. The van der Waals surface area contributed by atoms with Crippen molar-refractivity contribution in [2.45, 2.75) is 0 Å². The Bertz CT molecular complexity index is 251. The van der Waals surface area contributed by atoms with E-state index < -0.39 is 12.0 Å². The molecule has 0 aliphatic carbocycles. The zero-order valence-corrected chi connectivity index (χ0v) is 9.59. The minimum Gasteiger partial charge on any atom is -0.461 e. The molecular weight excluding hydrogens is 228 g/mol. The van der Waals surface area contributed by atoms with E-state index in [2.05, 4.69) is 16.6 Å². The summed E-state index contributed by atoms with van der Waals surface area (Å²) in [7, 11) is 0. The molecule has 0 rings (SSSR count). The number of nitrogens with one attached hydrogen (secondary N) is 1. The van der Waals surface area contributed by atoms with Crippen LogP contribution in [0.25, 0.3) is 0 Å². The summed E-state index contributed by atoms with van der Waals surface area (Å²) in [6, 6.07) is -0.428. The van der Waals surface area contributed by atoms with Gasteiger partial charge < -0.3 is 25.2 Å². The van der Waals surface area contributed by atoms with Crippen LogP contribution in [0.2, 0.25) is 0 Å². The summed E-state index contributed by atoms with van der Waals surface area (Å²) < 4.78 is 4.65. The van der Waals surface area contributed by atoms with E-state index in [0.717, 1.165) is 6.08 Å². The first kappa shape index (κ1) is 15.4. The number of carbonyl (C=O) groups excluding carboxylic acids is 2. The highest BCUT2D eigenvalue weighted by Gasteiger charge is 2.11. The van der Waals surface area contributed by atoms with E-state index in [-0.39, 0.29) is 39.5 Å². The summed E-state index contributed by atoms with van der Waals surface area (Å²) in [5.74, 6) is -0.554. The molecule has 0 heterocycles. The van der Waals surface area contributed by atoms with Crippen molar-refractivity contribution in [2.24, 2.45) is 0 Å². The third kappa shape index (κ3) is 7.31. The lowest BCUT2D eigenvalue weighted by atomic mass is 10.5. The standard InChI is InChI=1S/C10H18N2O5/c1-2-9(15)17-8-3-11-10(16)12(4-6-13)5-7-14/h2,13-14H,1,3-8H2,(H,11,16). The van der Waals surface area contributed by atoms with E-state index in [1.54, 1.807) is 0 Å². The lowest BCUT2D eigenvalue weighted by Crippen LogP contribution is -2.44. The summed E-state index contributed by atoms with van der Waals surface area (Å²) in [5.41, 5.74) is 0. The highest BCUT2D eigenvalue weighted by Crippen LogP contribution is 1.88. The summed E-state index contributed by atoms with van der Waals surface area (Å²) >= 11 is 0. The highest BCUT2D eigenvalue weighted by atomic mass is 16.5. The van der Waals surface area contributed by atoms with Gasteiger partial charge in [0, 0.05) is 19.2 Å². The summed E-state index contributed by atoms with van der Waals surface area (Å²) in [6.45, 7) is 3.34. The van der Waals surface area contributed by atoms with Gasteiger partial charge in [0.15, 0.2) is 0 Å². The second-order valence-corrected chi connectivity index (χ2v) is 3.04. The van der Waals surface area contributed by atoms with Gasteiger partial charge >= 0.3 is 12.0 Å². The highest BCUT2D eigenvalue weighted by molar-refractivity contribution is 5.81. The molecule has 0 saturated carbocycles. The quantitative estimate of drug-likeness (QED) is 0.281. The van der Waals surface area contributed by atoms with Crippen LogP contribution in [0.1, 0.15) is 0 Å². The second-order valence-electron chi connectivity index (χ2n) is 3.04. The number of ether oxygens (including phenoxy) is 1. The number of rotatable bonds is 8. The fourth-order valence-electron chi connectivity index (χ4n) is 1.04. The van der Waals surface area contributed by atoms with E-state index in [9.17, 15) is 9.59 Å². The summed E-state index contributed by atoms with van der Waals surface area (Å²) in [5, 5.41) is 19.9. The van der Waals surface area contributed by atoms with E-state index in [0.29, 0.717) is 0 Å². The minimum atomic E-state index is -0.554. The average Bonchev–Trinajstić information content (AvgIpc) is 2.33. The molecule has 0 fully saturated rings. The topological polar surface area (TPSA) is 99.1 Å². The normalized spacial score (nSPS) is 9.53. The van der Waals surface area contributed by atoms with Crippen molar-refractivity contribution in [1.82, 2.24) is 10.2 Å². The van der Waals surface area contributed by atoms with E-state index in [1.807, 2.05) is 0 Å². The van der Waals surface area contributed by atoms with E-state index in [1.165, 1.54) is 4.90 Å². The first-order chi connectivity index (χ1) is 8.15. The maximum absolute atomic E-state index is 11.5. The molecule has 0 aromatic carbocycles. The lowest BCUT2D eigenvalue weighted by Gasteiger charge is -2.20. The van der Waals surface area contributed by atoms with Crippen molar-refractivity contribution in [2.75, 3.05) is 39.5 Å². The molecule has 2 amide bonds. The molecule has 0 aromatic heterocycles. The van der Waals surface area contributed by atoms with Crippen LogP contribution in [0.3, 0.4) is 0 Å². The van der Waals surface area contributed by atoms with Crippen molar-refractivity contribution in [1.29, 1.82) is 0 Å². The number of carbonyl (C=O) groups is 2. The second kappa shape index (κ2) is 9.61. The number of hydrogen-bond donors (Lipinski definition) is 3. The van der Waals surface area contributed by atoms with Crippen LogP contribution in [0, 0.1) is 0 Å². The molecule has 0 atom stereocenters. The Morgan fingerprint density at radius 2 is 1.88 bits per heavy atom. The monoisotopic (exact) mass is 246 g/mol. The Hall–Kier alpha value is -1.60. The molecule has 7 heteroatoms. The fraction of sp³-hybridized carbons (Fsp3) is 0.600. The van der Waals surface area contributed by atoms with Crippen LogP contribution in [0.5, 0.6) is 0 Å². The van der Waals surface area contributed by atoms with Gasteiger partial charge in [-0.3, -0.25) is 0 Å². The van der Waals surface area contributed by atoms with E-state index in [4.69, 9.17) is 10.2 Å². The van der Waals surface area contributed by atoms with Crippen molar-refractivity contribution >= 4 is 12.0 Å². The van der Waals surface area contributed by atoms with Gasteiger partial charge in [-0.15, -0.1) is 0 Å². The largest absolute Gasteiger partial charge is 0.461 e. The number of amides is 2. The summed E-state index contributed by atoms with van der Waals surface area (Å²) in [6.07, 6.45) is 1.03. The Morgan fingerprint density at radius 1 is 1.29 bits per heavy atom. The first-order valence-electron chi connectivity index (χ1n) is 5.19. The molecule has 98 valence electrons. The van der Waals surface area contributed by atoms with Crippen LogP contribution in [0.15, 0.2) is 12.7 Å². The SMILES string of the molecule is C=CC(=O)OCCNC(=O)N(CCO)CCO. The van der Waals surface area contributed by atoms with Crippen molar-refractivity contribution in [3.63, 3.8) is 0 Å². The Labute approximate surface area is 99.7 Å². The first-order valence-corrected chi connectivity index (χ1v) is 5.19. The molecule has 0 aliphatic rings. The number of aliphatic hydroxyl groups excluding tert-OH is 2. The number of nitrogens with zero attached hydrogens (tertiary/aromatic N) is 1. The maximum Gasteiger partial charge on any atom is 0.330 e. The molecule has 7 nitrogen and oxygen atoms in total. The molecule has 0 unspecified atom stereocenters. The van der Waals surface area contributed by atoms with Crippen LogP contribution < -0.4 is 5.32 Å². The van der Waals surface area contributed by atoms with Crippen LogP contribution in [-0.2, 0) is 9.53 Å². The minimum absolute atomic E-state index is 0.0443. The van der Waals surface area contributed by atoms with Crippen molar-refractivity contribution in [3.8, 4) is 0 Å². The molecule has 0 saturated heterocycles. The average molecular weight is 246 g/mol. The molecule has 17 heavy (non-hydrogen) atoms. The van der Waals surface area contributed by atoms with Crippen LogP contribution >= 0.6 is 0 Å². The van der Waals surface area contributed by atoms with E-state index >= 15 is 0 Å². The molecule has 0 aliphatic heterocycles. The van der Waals surface area contributed by atoms with Gasteiger partial charge in [-0.1, -0.05) is 6.58 Å². The number of urea groups is 1. The molecule has 0 spiro atoms. The van der Waals surface area contributed by atoms with Crippen LogP contribution in [-0.4, -0.2) is 66.6 Å².